The minimum atomic E-state index is -0.528. The first-order valence-corrected chi connectivity index (χ1v) is 8.03. The summed E-state index contributed by atoms with van der Waals surface area (Å²) in [5.41, 5.74) is 2.11. The fraction of sp³-hybridized carbons (Fsp3) is 0.316. The van der Waals surface area contributed by atoms with E-state index in [1.54, 1.807) is 12.1 Å². The molecule has 5 heteroatoms. The quantitative estimate of drug-likeness (QED) is 0.539. The van der Waals surface area contributed by atoms with Gasteiger partial charge in [0.25, 0.3) is 0 Å². The second-order valence-corrected chi connectivity index (χ2v) is 6.76. The number of hydrogen-bond donors (Lipinski definition) is 0. The van der Waals surface area contributed by atoms with Crippen molar-refractivity contribution >= 4 is 5.97 Å². The predicted molar refractivity (Wildman–Crippen MR) is 92.8 cm³/mol. The summed E-state index contributed by atoms with van der Waals surface area (Å²) in [4.78, 5) is 21.1. The van der Waals surface area contributed by atoms with E-state index in [1.807, 2.05) is 51.4 Å². The molecule has 0 amide bonds. The second-order valence-electron chi connectivity index (χ2n) is 6.76. The van der Waals surface area contributed by atoms with Crippen LogP contribution in [0.15, 0.2) is 42.7 Å². The van der Waals surface area contributed by atoms with Gasteiger partial charge in [-0.05, 0) is 58.0 Å². The molecule has 3 rings (SSSR count). The van der Waals surface area contributed by atoms with Crippen LogP contribution in [0.3, 0.4) is 0 Å². The van der Waals surface area contributed by atoms with Crippen molar-refractivity contribution in [2.45, 2.75) is 34.2 Å². The third-order valence-electron chi connectivity index (χ3n) is 3.73. The molecule has 0 N–H and O–H groups in total. The molecule has 0 fully saturated rings. The van der Waals surface area contributed by atoms with E-state index in [0.29, 0.717) is 11.6 Å². The highest BCUT2D eigenvalue weighted by atomic mass is 16.5. The fourth-order valence-electron chi connectivity index (χ4n) is 2.21. The standard InChI is InChI=1S/C19H21N3O2/c1-5-22-11-10-15-16(12-22)21-17(20-15)13-6-8-14(9-7-13)24-18(23)19(2,3)4/h6-12H,5H2,1-4H3. The molecule has 124 valence electrons. The molecule has 0 bridgehead atoms. The summed E-state index contributed by atoms with van der Waals surface area (Å²) in [5.74, 6) is 0.945. The van der Waals surface area contributed by atoms with Gasteiger partial charge in [0.05, 0.1) is 11.1 Å². The minimum absolute atomic E-state index is 0.255. The number of carbonyl (C=O) groups is 1. The number of aryl methyl sites for hydroxylation is 1. The van der Waals surface area contributed by atoms with E-state index in [2.05, 4.69) is 21.5 Å². The van der Waals surface area contributed by atoms with Gasteiger partial charge in [-0.3, -0.25) is 4.79 Å². The van der Waals surface area contributed by atoms with Crippen LogP contribution in [-0.4, -0.2) is 20.5 Å². The molecule has 0 saturated heterocycles. The SMILES string of the molecule is CCn1ccc2nc(-c3ccc(OC(=O)C(C)(C)C)cc3)nc-2c1. The maximum atomic E-state index is 11.9. The summed E-state index contributed by atoms with van der Waals surface area (Å²) in [5, 5.41) is 0. The van der Waals surface area contributed by atoms with Gasteiger partial charge in [-0.2, -0.15) is 0 Å². The summed E-state index contributed by atoms with van der Waals surface area (Å²) in [6, 6.07) is 9.24. The fourth-order valence-corrected chi connectivity index (χ4v) is 2.21. The third-order valence-corrected chi connectivity index (χ3v) is 3.73. The number of aromatic nitrogens is 3. The number of fused-ring (bicyclic) bond motifs is 1. The van der Waals surface area contributed by atoms with Gasteiger partial charge < -0.3 is 9.30 Å². The van der Waals surface area contributed by atoms with E-state index in [9.17, 15) is 4.79 Å². The number of benzene rings is 1. The number of nitrogens with zero attached hydrogens (tertiary/aromatic N) is 3. The number of carbonyl (C=O) groups excluding carboxylic acids is 1. The Balaban J connectivity index is 1.83. The van der Waals surface area contributed by atoms with Crippen LogP contribution in [0.5, 0.6) is 5.75 Å². The van der Waals surface area contributed by atoms with Crippen LogP contribution < -0.4 is 4.74 Å². The zero-order chi connectivity index (χ0) is 17.3. The molecular formula is C19H21N3O2. The van der Waals surface area contributed by atoms with Crippen molar-refractivity contribution in [3.63, 3.8) is 0 Å². The van der Waals surface area contributed by atoms with Crippen molar-refractivity contribution in [1.29, 1.82) is 0 Å². The lowest BCUT2D eigenvalue weighted by molar-refractivity contribution is -0.142. The van der Waals surface area contributed by atoms with Crippen LogP contribution in [-0.2, 0) is 11.3 Å². The first-order chi connectivity index (χ1) is 11.4. The Labute approximate surface area is 141 Å². The monoisotopic (exact) mass is 323 g/mol. The van der Waals surface area contributed by atoms with Gasteiger partial charge in [0.2, 0.25) is 0 Å². The van der Waals surface area contributed by atoms with Crippen LogP contribution in [0, 0.1) is 5.41 Å². The van der Waals surface area contributed by atoms with E-state index < -0.39 is 5.41 Å². The number of rotatable bonds is 3. The number of imidazole rings is 1. The average molecular weight is 323 g/mol. The van der Waals surface area contributed by atoms with Crippen molar-refractivity contribution in [3.8, 4) is 28.5 Å². The highest BCUT2D eigenvalue weighted by Gasteiger charge is 2.23. The van der Waals surface area contributed by atoms with Gasteiger partial charge >= 0.3 is 5.97 Å². The Morgan fingerprint density at radius 3 is 2.38 bits per heavy atom. The van der Waals surface area contributed by atoms with Crippen molar-refractivity contribution in [3.05, 3.63) is 42.7 Å². The van der Waals surface area contributed by atoms with E-state index in [4.69, 9.17) is 4.74 Å². The molecule has 2 aliphatic rings. The summed E-state index contributed by atoms with van der Waals surface area (Å²) in [6.07, 6.45) is 3.99. The van der Waals surface area contributed by atoms with E-state index >= 15 is 0 Å². The molecule has 1 aromatic carbocycles. The topological polar surface area (TPSA) is 57.0 Å². The van der Waals surface area contributed by atoms with Gasteiger partial charge in [0.15, 0.2) is 5.82 Å². The number of esters is 1. The molecule has 0 unspecified atom stereocenters. The Bertz CT molecular complexity index is 829. The van der Waals surface area contributed by atoms with E-state index in [-0.39, 0.29) is 5.97 Å². The molecule has 5 nitrogen and oxygen atoms in total. The van der Waals surface area contributed by atoms with Crippen LogP contribution in [0.2, 0.25) is 0 Å². The van der Waals surface area contributed by atoms with E-state index in [1.165, 1.54) is 0 Å². The number of ether oxygens (including phenoxy) is 1. The summed E-state index contributed by atoms with van der Waals surface area (Å²) >= 11 is 0. The summed E-state index contributed by atoms with van der Waals surface area (Å²) in [6.45, 7) is 8.47. The molecule has 1 aromatic rings. The first kappa shape index (κ1) is 16.2. The molecule has 0 aliphatic carbocycles. The zero-order valence-corrected chi connectivity index (χ0v) is 14.4. The van der Waals surface area contributed by atoms with Crippen molar-refractivity contribution in [2.75, 3.05) is 0 Å². The van der Waals surface area contributed by atoms with Crippen LogP contribution >= 0.6 is 0 Å². The zero-order valence-electron chi connectivity index (χ0n) is 14.4. The Morgan fingerprint density at radius 1 is 1.08 bits per heavy atom. The lowest BCUT2D eigenvalue weighted by Crippen LogP contribution is -2.25. The third kappa shape index (κ3) is 3.30. The minimum Gasteiger partial charge on any atom is -0.426 e. The smallest absolute Gasteiger partial charge is 0.316 e. The number of pyridine rings is 1. The number of hydrogen-bond acceptors (Lipinski definition) is 4. The Kier molecular flexibility index (Phi) is 4.09. The summed E-state index contributed by atoms with van der Waals surface area (Å²) in [7, 11) is 0. The van der Waals surface area contributed by atoms with Gasteiger partial charge in [-0.15, -0.1) is 0 Å². The van der Waals surface area contributed by atoms with Crippen LogP contribution in [0.25, 0.3) is 22.8 Å². The van der Waals surface area contributed by atoms with Gasteiger partial charge in [0.1, 0.15) is 11.4 Å². The van der Waals surface area contributed by atoms with Gasteiger partial charge in [0, 0.05) is 24.5 Å². The lowest BCUT2D eigenvalue weighted by atomic mass is 9.97. The van der Waals surface area contributed by atoms with Gasteiger partial charge in [-0.25, -0.2) is 9.97 Å². The van der Waals surface area contributed by atoms with Crippen LogP contribution in [0.1, 0.15) is 27.7 Å². The molecule has 0 radical (unpaired) electrons. The van der Waals surface area contributed by atoms with Crippen molar-refractivity contribution in [2.24, 2.45) is 5.41 Å². The highest BCUT2D eigenvalue weighted by Crippen LogP contribution is 2.26. The Hall–Kier alpha value is -2.69. The summed E-state index contributed by atoms with van der Waals surface area (Å²) < 4.78 is 7.44. The lowest BCUT2D eigenvalue weighted by Gasteiger charge is -2.16. The van der Waals surface area contributed by atoms with E-state index in [0.717, 1.165) is 23.5 Å². The normalized spacial score (nSPS) is 11.7. The molecule has 0 atom stereocenters. The van der Waals surface area contributed by atoms with Crippen LogP contribution in [0.4, 0.5) is 0 Å². The molecule has 2 heterocycles. The highest BCUT2D eigenvalue weighted by molar-refractivity contribution is 5.78. The maximum absolute atomic E-state index is 11.9. The molecule has 0 aromatic heterocycles. The largest absolute Gasteiger partial charge is 0.426 e. The maximum Gasteiger partial charge on any atom is 0.316 e. The average Bonchev–Trinajstić information content (AvgIpc) is 2.97. The van der Waals surface area contributed by atoms with Crippen molar-refractivity contribution < 1.29 is 9.53 Å². The molecular weight excluding hydrogens is 302 g/mol. The molecule has 0 saturated carbocycles. The Morgan fingerprint density at radius 2 is 1.75 bits per heavy atom. The molecule has 24 heavy (non-hydrogen) atoms. The predicted octanol–water partition coefficient (Wildman–Crippen LogP) is 4.02. The van der Waals surface area contributed by atoms with Crippen molar-refractivity contribution in [1.82, 2.24) is 14.5 Å². The van der Waals surface area contributed by atoms with Gasteiger partial charge in [-0.1, -0.05) is 0 Å². The first-order valence-electron chi connectivity index (χ1n) is 8.03. The molecule has 0 spiro atoms. The second kappa shape index (κ2) is 6.07. The molecule has 2 aliphatic heterocycles.